The summed E-state index contributed by atoms with van der Waals surface area (Å²) < 4.78 is 10.3. The second kappa shape index (κ2) is 7.87. The van der Waals surface area contributed by atoms with E-state index in [4.69, 9.17) is 21.1 Å². The highest BCUT2D eigenvalue weighted by Crippen LogP contribution is 2.23. The number of carbonyl (C=O) groups is 2. The molecule has 0 spiro atoms. The molecule has 0 radical (unpaired) electrons. The van der Waals surface area contributed by atoms with Crippen molar-refractivity contribution in [2.75, 3.05) is 20.3 Å². The molecule has 0 aromatic heterocycles. The average molecular weight is 300 g/mol. The molecule has 0 saturated carbocycles. The van der Waals surface area contributed by atoms with Gasteiger partial charge in [0.05, 0.1) is 12.2 Å². The third kappa shape index (κ3) is 5.19. The summed E-state index contributed by atoms with van der Waals surface area (Å²) in [6.07, 6.45) is 0. The van der Waals surface area contributed by atoms with E-state index in [-0.39, 0.29) is 24.3 Å². The van der Waals surface area contributed by atoms with Crippen molar-refractivity contribution >= 4 is 23.3 Å². The molecule has 5 nitrogen and oxygen atoms in total. The maximum Gasteiger partial charge on any atom is 0.258 e. The van der Waals surface area contributed by atoms with Crippen LogP contribution in [0.3, 0.4) is 0 Å². The summed E-state index contributed by atoms with van der Waals surface area (Å²) in [7, 11) is 1.56. The van der Waals surface area contributed by atoms with Crippen molar-refractivity contribution in [3.05, 3.63) is 28.8 Å². The van der Waals surface area contributed by atoms with Crippen molar-refractivity contribution in [2.24, 2.45) is 0 Å². The van der Waals surface area contributed by atoms with Crippen LogP contribution in [0.15, 0.2) is 18.2 Å². The van der Waals surface area contributed by atoms with Gasteiger partial charge in [0.15, 0.2) is 12.4 Å². The van der Waals surface area contributed by atoms with Crippen LogP contribution in [0, 0.1) is 0 Å². The molecule has 1 aromatic rings. The van der Waals surface area contributed by atoms with Crippen LogP contribution in [-0.4, -0.2) is 38.1 Å². The summed E-state index contributed by atoms with van der Waals surface area (Å²) in [5, 5.41) is 3.16. The molecular formula is C14H18ClNO4. The Morgan fingerprint density at radius 3 is 2.70 bits per heavy atom. The predicted octanol–water partition coefficient (Wildman–Crippen LogP) is 2.07. The molecule has 0 saturated heterocycles. The minimum Gasteiger partial charge on any atom is -0.483 e. The second-order valence-electron chi connectivity index (χ2n) is 4.41. The number of halogens is 1. The molecule has 1 unspecified atom stereocenters. The highest BCUT2D eigenvalue weighted by atomic mass is 35.5. The van der Waals surface area contributed by atoms with Gasteiger partial charge in [-0.15, -0.1) is 0 Å². The molecule has 1 amide bonds. The summed E-state index contributed by atoms with van der Waals surface area (Å²) in [5.41, 5.74) is 0.357. The molecule has 1 N–H and O–H groups in total. The molecule has 1 atom stereocenters. The normalized spacial score (nSPS) is 11.8. The number of hydrogen-bond donors (Lipinski definition) is 1. The highest BCUT2D eigenvalue weighted by Gasteiger charge is 2.12. The Bertz CT molecular complexity index is 490. The van der Waals surface area contributed by atoms with Crippen LogP contribution in [0.5, 0.6) is 5.75 Å². The molecule has 0 aliphatic heterocycles. The van der Waals surface area contributed by atoms with Gasteiger partial charge >= 0.3 is 0 Å². The van der Waals surface area contributed by atoms with Crippen molar-refractivity contribution < 1.29 is 19.1 Å². The van der Waals surface area contributed by atoms with Gasteiger partial charge in [0.1, 0.15) is 5.75 Å². The first-order valence-electron chi connectivity index (χ1n) is 6.15. The van der Waals surface area contributed by atoms with Gasteiger partial charge in [0.25, 0.3) is 5.91 Å². The Morgan fingerprint density at radius 1 is 1.40 bits per heavy atom. The molecule has 20 heavy (non-hydrogen) atoms. The van der Waals surface area contributed by atoms with Crippen LogP contribution >= 0.6 is 11.6 Å². The summed E-state index contributed by atoms with van der Waals surface area (Å²) in [6, 6.07) is 4.60. The van der Waals surface area contributed by atoms with Crippen LogP contribution in [0.2, 0.25) is 5.02 Å². The van der Waals surface area contributed by atoms with Crippen molar-refractivity contribution in [1.82, 2.24) is 5.32 Å². The van der Waals surface area contributed by atoms with Gasteiger partial charge in [0.2, 0.25) is 0 Å². The van der Waals surface area contributed by atoms with Crippen molar-refractivity contribution in [2.45, 2.75) is 19.9 Å². The maximum atomic E-state index is 11.6. The summed E-state index contributed by atoms with van der Waals surface area (Å²) in [6.45, 7) is 3.49. The lowest BCUT2D eigenvalue weighted by Gasteiger charge is -2.14. The number of ether oxygens (including phenoxy) is 2. The first-order valence-corrected chi connectivity index (χ1v) is 6.53. The van der Waals surface area contributed by atoms with E-state index < -0.39 is 0 Å². The van der Waals surface area contributed by atoms with E-state index in [9.17, 15) is 9.59 Å². The molecule has 110 valence electrons. The fourth-order valence-corrected chi connectivity index (χ4v) is 1.83. The van der Waals surface area contributed by atoms with Gasteiger partial charge in [-0.05, 0) is 32.0 Å². The number of methoxy groups -OCH3 is 1. The zero-order valence-electron chi connectivity index (χ0n) is 11.7. The topological polar surface area (TPSA) is 64.6 Å². The van der Waals surface area contributed by atoms with Gasteiger partial charge in [0, 0.05) is 18.2 Å². The van der Waals surface area contributed by atoms with E-state index in [1.54, 1.807) is 19.2 Å². The first-order chi connectivity index (χ1) is 9.43. The van der Waals surface area contributed by atoms with E-state index in [0.29, 0.717) is 22.9 Å². The standard InChI is InChI=1S/C14H18ClNO4/c1-9(7-19-3)16-14(18)8-20-13-5-4-11(15)6-12(13)10(2)17/h4-6,9H,7-8H2,1-3H3,(H,16,18). The third-order valence-electron chi connectivity index (χ3n) is 2.50. The molecule has 1 aromatic carbocycles. The molecule has 0 bridgehead atoms. The van der Waals surface area contributed by atoms with Gasteiger partial charge in [-0.3, -0.25) is 9.59 Å². The van der Waals surface area contributed by atoms with Crippen LogP contribution in [0.4, 0.5) is 0 Å². The highest BCUT2D eigenvalue weighted by molar-refractivity contribution is 6.31. The maximum absolute atomic E-state index is 11.6. The van der Waals surface area contributed by atoms with E-state index in [2.05, 4.69) is 5.32 Å². The van der Waals surface area contributed by atoms with Gasteiger partial charge in [-0.1, -0.05) is 11.6 Å². The molecule has 0 aliphatic rings. The first kappa shape index (κ1) is 16.5. The van der Waals surface area contributed by atoms with Gasteiger partial charge < -0.3 is 14.8 Å². The lowest BCUT2D eigenvalue weighted by molar-refractivity contribution is -0.124. The Kier molecular flexibility index (Phi) is 6.48. The smallest absolute Gasteiger partial charge is 0.258 e. The number of Topliss-reactive ketones (excluding diaryl/α,β-unsaturated/α-hetero) is 1. The fourth-order valence-electron chi connectivity index (χ4n) is 1.65. The van der Waals surface area contributed by atoms with E-state index in [1.165, 1.54) is 13.0 Å². The van der Waals surface area contributed by atoms with Crippen LogP contribution in [0.25, 0.3) is 0 Å². The van der Waals surface area contributed by atoms with Crippen molar-refractivity contribution in [3.8, 4) is 5.75 Å². The van der Waals surface area contributed by atoms with Crippen molar-refractivity contribution in [3.63, 3.8) is 0 Å². The molecule has 1 rings (SSSR count). The molecule has 0 heterocycles. The number of carbonyl (C=O) groups excluding carboxylic acids is 2. The van der Waals surface area contributed by atoms with Crippen LogP contribution < -0.4 is 10.1 Å². The Morgan fingerprint density at radius 2 is 2.10 bits per heavy atom. The quantitative estimate of drug-likeness (QED) is 0.783. The van der Waals surface area contributed by atoms with E-state index in [0.717, 1.165) is 0 Å². The average Bonchev–Trinajstić information content (AvgIpc) is 2.37. The summed E-state index contributed by atoms with van der Waals surface area (Å²) >= 11 is 5.83. The minimum atomic E-state index is -0.279. The SMILES string of the molecule is COCC(C)NC(=O)COc1ccc(Cl)cc1C(C)=O. The molecule has 0 aliphatic carbocycles. The second-order valence-corrected chi connectivity index (χ2v) is 4.85. The van der Waals surface area contributed by atoms with Gasteiger partial charge in [-0.2, -0.15) is 0 Å². The Labute approximate surface area is 123 Å². The molecule has 0 fully saturated rings. The minimum absolute atomic E-state index is 0.103. The number of nitrogens with one attached hydrogen (secondary N) is 1. The zero-order chi connectivity index (χ0) is 15.1. The fraction of sp³-hybridized carbons (Fsp3) is 0.429. The Balaban J connectivity index is 2.61. The number of amides is 1. The molecular weight excluding hydrogens is 282 g/mol. The predicted molar refractivity (Wildman–Crippen MR) is 76.4 cm³/mol. The lowest BCUT2D eigenvalue weighted by Crippen LogP contribution is -2.38. The summed E-state index contributed by atoms with van der Waals surface area (Å²) in [4.78, 5) is 23.1. The molecule has 6 heteroatoms. The summed E-state index contributed by atoms with van der Waals surface area (Å²) in [5.74, 6) is -0.105. The number of ketones is 1. The monoisotopic (exact) mass is 299 g/mol. The largest absolute Gasteiger partial charge is 0.483 e. The van der Waals surface area contributed by atoms with Crippen molar-refractivity contribution in [1.29, 1.82) is 0 Å². The number of benzene rings is 1. The van der Waals surface area contributed by atoms with E-state index in [1.807, 2.05) is 6.92 Å². The lowest BCUT2D eigenvalue weighted by atomic mass is 10.1. The third-order valence-corrected chi connectivity index (χ3v) is 2.74. The number of rotatable bonds is 7. The van der Waals surface area contributed by atoms with Crippen LogP contribution in [0.1, 0.15) is 24.2 Å². The van der Waals surface area contributed by atoms with E-state index >= 15 is 0 Å². The zero-order valence-corrected chi connectivity index (χ0v) is 12.5. The van der Waals surface area contributed by atoms with Crippen LogP contribution in [-0.2, 0) is 9.53 Å². The number of hydrogen-bond acceptors (Lipinski definition) is 4. The Hall–Kier alpha value is -1.59. The van der Waals surface area contributed by atoms with Gasteiger partial charge in [-0.25, -0.2) is 0 Å².